The lowest BCUT2D eigenvalue weighted by Crippen LogP contribution is -2.47. The first-order chi connectivity index (χ1) is 18.3. The molecule has 0 unspecified atom stereocenters. The zero-order valence-corrected chi connectivity index (χ0v) is 23.0. The molecule has 204 valence electrons. The number of carbonyl (C=O) groups is 2. The maximum atomic E-state index is 13.4. The Bertz CT molecular complexity index is 1220. The van der Waals surface area contributed by atoms with Crippen molar-refractivity contribution < 1.29 is 18.0 Å². The van der Waals surface area contributed by atoms with Gasteiger partial charge in [0, 0.05) is 25.6 Å². The van der Waals surface area contributed by atoms with Gasteiger partial charge in [0.25, 0.3) is 0 Å². The molecule has 4 rings (SSSR count). The number of hydrogen-bond donors (Lipinski definition) is 2. The predicted molar refractivity (Wildman–Crippen MR) is 149 cm³/mol. The van der Waals surface area contributed by atoms with Crippen molar-refractivity contribution >= 4 is 21.8 Å². The SMILES string of the molecule is C[C@H](C(=O)NCCC1=CCCCC1)N(Cc1ccccc1)C(=O)CCc1ccc(S(=O)(=O)NC2CC2)cc1. The van der Waals surface area contributed by atoms with E-state index in [0.717, 1.165) is 43.2 Å². The van der Waals surface area contributed by atoms with Gasteiger partial charge in [-0.25, -0.2) is 13.1 Å². The highest BCUT2D eigenvalue weighted by atomic mass is 32.2. The molecule has 2 aromatic rings. The van der Waals surface area contributed by atoms with Crippen molar-refractivity contribution in [3.8, 4) is 0 Å². The molecule has 2 aliphatic carbocycles. The highest BCUT2D eigenvalue weighted by molar-refractivity contribution is 7.89. The second kappa shape index (κ2) is 13.2. The first kappa shape index (κ1) is 28.0. The molecule has 1 atom stereocenters. The van der Waals surface area contributed by atoms with Gasteiger partial charge in [-0.05, 0) is 81.5 Å². The highest BCUT2D eigenvalue weighted by Gasteiger charge is 2.28. The summed E-state index contributed by atoms with van der Waals surface area (Å²) < 4.78 is 27.5. The summed E-state index contributed by atoms with van der Waals surface area (Å²) in [7, 11) is -3.50. The van der Waals surface area contributed by atoms with Gasteiger partial charge in [0.15, 0.2) is 0 Å². The monoisotopic (exact) mass is 537 g/mol. The second-order valence-electron chi connectivity index (χ2n) is 10.4. The number of amides is 2. The molecule has 0 saturated heterocycles. The Kier molecular flexibility index (Phi) is 9.74. The van der Waals surface area contributed by atoms with Gasteiger partial charge in [0.2, 0.25) is 21.8 Å². The summed E-state index contributed by atoms with van der Waals surface area (Å²) in [4.78, 5) is 28.3. The third kappa shape index (κ3) is 8.27. The summed E-state index contributed by atoms with van der Waals surface area (Å²) in [6, 6.07) is 15.8. The molecule has 2 aliphatic rings. The van der Waals surface area contributed by atoms with Crippen LogP contribution in [0.5, 0.6) is 0 Å². The molecule has 1 fully saturated rings. The second-order valence-corrected chi connectivity index (χ2v) is 12.1. The fourth-order valence-electron chi connectivity index (χ4n) is 4.71. The molecule has 2 N–H and O–H groups in total. The van der Waals surface area contributed by atoms with Crippen LogP contribution in [-0.2, 0) is 32.6 Å². The van der Waals surface area contributed by atoms with E-state index in [1.54, 1.807) is 36.1 Å². The molecule has 0 bridgehead atoms. The minimum atomic E-state index is -3.50. The Morgan fingerprint density at radius 1 is 0.974 bits per heavy atom. The van der Waals surface area contributed by atoms with Crippen LogP contribution >= 0.6 is 0 Å². The Morgan fingerprint density at radius 2 is 1.71 bits per heavy atom. The molecule has 8 heteroatoms. The third-order valence-corrected chi connectivity index (χ3v) is 8.79. The van der Waals surface area contributed by atoms with E-state index in [1.165, 1.54) is 18.4 Å². The molecular formula is C30H39N3O4S. The molecular weight excluding hydrogens is 498 g/mol. The normalized spacial score (nSPS) is 16.4. The molecule has 0 aliphatic heterocycles. The Hall–Kier alpha value is -2.97. The van der Waals surface area contributed by atoms with E-state index in [2.05, 4.69) is 16.1 Å². The summed E-state index contributed by atoms with van der Waals surface area (Å²) in [6.45, 7) is 2.71. The van der Waals surface area contributed by atoms with Crippen LogP contribution < -0.4 is 10.0 Å². The lowest BCUT2D eigenvalue weighted by molar-refractivity contribution is -0.140. The molecule has 2 aromatic carbocycles. The van der Waals surface area contributed by atoms with E-state index < -0.39 is 16.1 Å². The summed E-state index contributed by atoms with van der Waals surface area (Å²) >= 11 is 0. The van der Waals surface area contributed by atoms with Crippen LogP contribution in [-0.4, -0.2) is 43.8 Å². The minimum absolute atomic E-state index is 0.0523. The summed E-state index contributed by atoms with van der Waals surface area (Å²) in [5.74, 6) is -0.262. The molecule has 0 heterocycles. The van der Waals surface area contributed by atoms with E-state index in [1.807, 2.05) is 30.3 Å². The van der Waals surface area contributed by atoms with Crippen LogP contribution in [0, 0.1) is 0 Å². The van der Waals surface area contributed by atoms with Gasteiger partial charge in [-0.3, -0.25) is 9.59 Å². The number of nitrogens with zero attached hydrogens (tertiary/aromatic N) is 1. The fraction of sp³-hybridized carbons (Fsp3) is 0.467. The number of allylic oxidation sites excluding steroid dienone is 1. The van der Waals surface area contributed by atoms with Gasteiger partial charge in [-0.2, -0.15) is 0 Å². The quantitative estimate of drug-likeness (QED) is 0.368. The first-order valence-corrected chi connectivity index (χ1v) is 15.2. The van der Waals surface area contributed by atoms with Crippen molar-refractivity contribution in [2.45, 2.75) is 88.2 Å². The molecule has 2 amide bonds. The number of carbonyl (C=O) groups excluding carboxylic acids is 2. The van der Waals surface area contributed by atoms with Gasteiger partial charge in [0.1, 0.15) is 6.04 Å². The molecule has 7 nitrogen and oxygen atoms in total. The average molecular weight is 538 g/mol. The van der Waals surface area contributed by atoms with Crippen LogP contribution in [0.15, 0.2) is 71.1 Å². The Morgan fingerprint density at radius 3 is 2.37 bits per heavy atom. The van der Waals surface area contributed by atoms with Crippen LogP contribution in [0.25, 0.3) is 0 Å². The molecule has 0 spiro atoms. The lowest BCUT2D eigenvalue weighted by atomic mass is 9.97. The van der Waals surface area contributed by atoms with E-state index >= 15 is 0 Å². The number of aryl methyl sites for hydroxylation is 1. The standard InChI is InChI=1S/C30H39N3O4S/c1-23(30(35)31-21-20-24-8-4-2-5-9-24)33(22-26-10-6-3-7-11-26)29(34)19-14-25-12-17-28(18-13-25)38(36,37)32-27-15-16-27/h3,6-8,10-13,17-18,23,27,32H,2,4-5,9,14-16,19-22H2,1H3,(H,31,35)/t23-/m1/s1. The number of nitrogens with one attached hydrogen (secondary N) is 2. The number of rotatable bonds is 13. The van der Waals surface area contributed by atoms with Crippen molar-refractivity contribution in [2.75, 3.05) is 6.54 Å². The van der Waals surface area contributed by atoms with Crippen LogP contribution in [0.2, 0.25) is 0 Å². The predicted octanol–water partition coefficient (Wildman–Crippen LogP) is 4.48. The topological polar surface area (TPSA) is 95.6 Å². The summed E-state index contributed by atoms with van der Waals surface area (Å²) in [6.07, 6.45) is 10.3. The van der Waals surface area contributed by atoms with E-state index in [9.17, 15) is 18.0 Å². The van der Waals surface area contributed by atoms with E-state index in [0.29, 0.717) is 19.5 Å². The summed E-state index contributed by atoms with van der Waals surface area (Å²) in [5.41, 5.74) is 3.25. The maximum absolute atomic E-state index is 13.4. The number of benzene rings is 2. The third-order valence-electron chi connectivity index (χ3n) is 7.25. The highest BCUT2D eigenvalue weighted by Crippen LogP contribution is 2.23. The van der Waals surface area contributed by atoms with Crippen molar-refractivity contribution in [1.29, 1.82) is 0 Å². The van der Waals surface area contributed by atoms with Crippen molar-refractivity contribution in [3.05, 3.63) is 77.4 Å². The number of hydrogen-bond acceptors (Lipinski definition) is 4. The first-order valence-electron chi connectivity index (χ1n) is 13.7. The Labute approximate surface area is 226 Å². The molecule has 0 radical (unpaired) electrons. The van der Waals surface area contributed by atoms with Gasteiger partial charge in [-0.1, -0.05) is 54.1 Å². The molecule has 1 saturated carbocycles. The smallest absolute Gasteiger partial charge is 0.242 e. The zero-order chi connectivity index (χ0) is 27.0. The van der Waals surface area contributed by atoms with E-state index in [-0.39, 0.29) is 29.2 Å². The van der Waals surface area contributed by atoms with Crippen LogP contribution in [0.4, 0.5) is 0 Å². The van der Waals surface area contributed by atoms with Crippen molar-refractivity contribution in [2.24, 2.45) is 0 Å². The van der Waals surface area contributed by atoms with Gasteiger partial charge < -0.3 is 10.2 Å². The summed E-state index contributed by atoms with van der Waals surface area (Å²) in [5, 5.41) is 3.03. The van der Waals surface area contributed by atoms with Crippen molar-refractivity contribution in [3.63, 3.8) is 0 Å². The maximum Gasteiger partial charge on any atom is 0.242 e. The van der Waals surface area contributed by atoms with Gasteiger partial charge in [0.05, 0.1) is 4.90 Å². The average Bonchev–Trinajstić information content (AvgIpc) is 3.74. The fourth-order valence-corrected chi connectivity index (χ4v) is 6.01. The number of sulfonamides is 1. The van der Waals surface area contributed by atoms with Crippen LogP contribution in [0.1, 0.15) is 69.4 Å². The largest absolute Gasteiger partial charge is 0.354 e. The van der Waals surface area contributed by atoms with E-state index in [4.69, 9.17) is 0 Å². The minimum Gasteiger partial charge on any atom is -0.354 e. The van der Waals surface area contributed by atoms with Crippen molar-refractivity contribution in [1.82, 2.24) is 14.9 Å². The molecule has 38 heavy (non-hydrogen) atoms. The lowest BCUT2D eigenvalue weighted by Gasteiger charge is -2.29. The Balaban J connectivity index is 1.35. The molecule has 0 aromatic heterocycles. The van der Waals surface area contributed by atoms with Crippen LogP contribution in [0.3, 0.4) is 0 Å². The van der Waals surface area contributed by atoms with Gasteiger partial charge >= 0.3 is 0 Å². The zero-order valence-electron chi connectivity index (χ0n) is 22.2. The van der Waals surface area contributed by atoms with Gasteiger partial charge in [-0.15, -0.1) is 0 Å².